The Morgan fingerprint density at radius 3 is 2.24 bits per heavy atom. The van der Waals surface area contributed by atoms with E-state index in [-0.39, 0.29) is 17.3 Å². The van der Waals surface area contributed by atoms with E-state index in [2.05, 4.69) is 6.92 Å². The molecule has 0 aliphatic heterocycles. The fourth-order valence-corrected chi connectivity index (χ4v) is 5.33. The van der Waals surface area contributed by atoms with Gasteiger partial charge in [-0.3, -0.25) is 0 Å². The summed E-state index contributed by atoms with van der Waals surface area (Å²) in [6.45, 7) is 2.11. The molecule has 3 aromatic rings. The molecule has 0 nitrogen and oxygen atoms in total. The number of unbranched alkanes of at least 4 members (excludes halogenated alkanes) is 3. The third kappa shape index (κ3) is 4.75. The Bertz CT molecular complexity index is 1120. The van der Waals surface area contributed by atoms with Crippen molar-refractivity contribution in [2.45, 2.75) is 64.0 Å². The van der Waals surface area contributed by atoms with Crippen molar-refractivity contribution in [2.75, 3.05) is 0 Å². The molecule has 176 valence electrons. The van der Waals surface area contributed by atoms with E-state index in [1.165, 1.54) is 12.1 Å². The van der Waals surface area contributed by atoms with Crippen LogP contribution in [0.25, 0.3) is 10.8 Å². The first-order valence-electron chi connectivity index (χ1n) is 11.5. The van der Waals surface area contributed by atoms with E-state index in [0.717, 1.165) is 72.6 Å². The van der Waals surface area contributed by atoms with Gasteiger partial charge < -0.3 is 0 Å². The summed E-state index contributed by atoms with van der Waals surface area (Å²) in [4.78, 5) is 0. The van der Waals surface area contributed by atoms with Crippen LogP contribution in [-0.4, -0.2) is 0 Å². The van der Waals surface area contributed by atoms with Crippen LogP contribution in [0.5, 0.6) is 0 Å². The van der Waals surface area contributed by atoms with Crippen LogP contribution >= 0.6 is 0 Å². The number of benzene rings is 3. The van der Waals surface area contributed by atoms with E-state index in [0.29, 0.717) is 6.42 Å². The van der Waals surface area contributed by atoms with Gasteiger partial charge in [0.1, 0.15) is 23.0 Å². The summed E-state index contributed by atoms with van der Waals surface area (Å²) in [5.41, 5.74) is 0.0680. The van der Waals surface area contributed by atoms with Crippen LogP contribution in [0.4, 0.5) is 26.3 Å². The lowest BCUT2D eigenvalue weighted by Gasteiger charge is -2.35. The average molecular weight is 464 g/mol. The first kappa shape index (κ1) is 23.7. The highest BCUT2D eigenvalue weighted by Gasteiger charge is 2.39. The maximum Gasteiger partial charge on any atom is 0.422 e. The number of alkyl halides is 3. The van der Waals surface area contributed by atoms with Crippen LogP contribution in [0.1, 0.15) is 73.6 Å². The van der Waals surface area contributed by atoms with Crippen LogP contribution in [0.2, 0.25) is 0 Å². The SMILES string of the molecule is CCCCCC[C@@H]1CCc2c(ccc3ccc(F)cc23)[C@H]1c1cc(F)c(C(F)(F)F)c(F)c1. The summed E-state index contributed by atoms with van der Waals surface area (Å²) >= 11 is 0. The van der Waals surface area contributed by atoms with Crippen molar-refractivity contribution in [2.24, 2.45) is 5.92 Å². The molecule has 0 N–H and O–H groups in total. The fourth-order valence-electron chi connectivity index (χ4n) is 5.33. The molecule has 33 heavy (non-hydrogen) atoms. The van der Waals surface area contributed by atoms with Gasteiger partial charge in [0.15, 0.2) is 0 Å². The highest BCUT2D eigenvalue weighted by atomic mass is 19.4. The van der Waals surface area contributed by atoms with Gasteiger partial charge in [0.2, 0.25) is 0 Å². The lowest BCUT2D eigenvalue weighted by Crippen LogP contribution is -2.23. The Morgan fingerprint density at radius 2 is 1.58 bits per heavy atom. The molecule has 1 aliphatic rings. The van der Waals surface area contributed by atoms with Crippen molar-refractivity contribution < 1.29 is 26.3 Å². The molecule has 0 saturated heterocycles. The normalized spacial score (nSPS) is 18.5. The molecule has 0 saturated carbocycles. The van der Waals surface area contributed by atoms with E-state index >= 15 is 0 Å². The van der Waals surface area contributed by atoms with Gasteiger partial charge in [-0.1, -0.05) is 50.8 Å². The molecule has 0 radical (unpaired) electrons. The van der Waals surface area contributed by atoms with Gasteiger partial charge in [0.05, 0.1) is 0 Å². The Labute approximate surface area is 189 Å². The summed E-state index contributed by atoms with van der Waals surface area (Å²) in [7, 11) is 0. The minimum Gasteiger partial charge on any atom is -0.207 e. The third-order valence-corrected chi connectivity index (χ3v) is 6.84. The van der Waals surface area contributed by atoms with Crippen molar-refractivity contribution in [1.29, 1.82) is 0 Å². The van der Waals surface area contributed by atoms with Crippen molar-refractivity contribution in [3.8, 4) is 0 Å². The number of halogens is 6. The standard InChI is InChI=1S/C27H26F6/c1-2-3-4-5-6-17-9-11-20-21(12-8-16-7-10-19(28)15-22(16)20)25(17)18-13-23(29)26(24(30)14-18)27(31,32)33/h7-8,10,12-15,17,25H,2-6,9,11H2,1H3/t17-,25-/m1/s1. The lowest BCUT2D eigenvalue weighted by molar-refractivity contribution is -0.142. The molecule has 4 rings (SSSR count). The summed E-state index contributed by atoms with van der Waals surface area (Å²) in [5.74, 6) is -3.98. The summed E-state index contributed by atoms with van der Waals surface area (Å²) in [5, 5.41) is 1.61. The maximum absolute atomic E-state index is 14.5. The highest BCUT2D eigenvalue weighted by Crippen LogP contribution is 2.46. The fraction of sp³-hybridized carbons (Fsp3) is 0.407. The van der Waals surface area contributed by atoms with Crippen LogP contribution in [0, 0.1) is 23.4 Å². The van der Waals surface area contributed by atoms with Gasteiger partial charge in [-0.25, -0.2) is 13.2 Å². The molecule has 2 atom stereocenters. The number of hydrogen-bond donors (Lipinski definition) is 0. The Hall–Kier alpha value is -2.50. The monoisotopic (exact) mass is 464 g/mol. The van der Waals surface area contributed by atoms with Crippen molar-refractivity contribution in [1.82, 2.24) is 0 Å². The lowest BCUT2D eigenvalue weighted by atomic mass is 9.69. The molecule has 0 heterocycles. The van der Waals surface area contributed by atoms with E-state index < -0.39 is 29.3 Å². The maximum atomic E-state index is 14.5. The zero-order valence-corrected chi connectivity index (χ0v) is 18.4. The van der Waals surface area contributed by atoms with Gasteiger partial charge in [-0.05, 0) is 76.9 Å². The molecule has 6 heteroatoms. The number of hydrogen-bond acceptors (Lipinski definition) is 0. The molecule has 0 aromatic heterocycles. The van der Waals surface area contributed by atoms with E-state index in [9.17, 15) is 26.3 Å². The molecule has 1 aliphatic carbocycles. The van der Waals surface area contributed by atoms with Crippen LogP contribution in [0.15, 0.2) is 42.5 Å². The van der Waals surface area contributed by atoms with E-state index in [1.807, 2.05) is 12.1 Å². The van der Waals surface area contributed by atoms with Gasteiger partial charge in [-0.2, -0.15) is 13.2 Å². The summed E-state index contributed by atoms with van der Waals surface area (Å²) in [6, 6.07) is 9.92. The largest absolute Gasteiger partial charge is 0.422 e. The number of aryl methyl sites for hydroxylation is 1. The number of rotatable bonds is 6. The quantitative estimate of drug-likeness (QED) is 0.252. The summed E-state index contributed by atoms with van der Waals surface area (Å²) in [6.07, 6.45) is 1.26. The average Bonchev–Trinajstić information content (AvgIpc) is 2.74. The number of fused-ring (bicyclic) bond motifs is 3. The minimum atomic E-state index is -5.11. The molecule has 0 fully saturated rings. The smallest absolute Gasteiger partial charge is 0.207 e. The molecule has 0 unspecified atom stereocenters. The van der Waals surface area contributed by atoms with Crippen molar-refractivity contribution >= 4 is 10.8 Å². The molecule has 0 bridgehead atoms. The molecule has 0 amide bonds. The van der Waals surface area contributed by atoms with Crippen LogP contribution in [-0.2, 0) is 12.6 Å². The van der Waals surface area contributed by atoms with Gasteiger partial charge in [-0.15, -0.1) is 0 Å². The predicted molar refractivity (Wildman–Crippen MR) is 118 cm³/mol. The van der Waals surface area contributed by atoms with Crippen LogP contribution < -0.4 is 0 Å². The summed E-state index contributed by atoms with van der Waals surface area (Å²) < 4.78 is 82.4. The third-order valence-electron chi connectivity index (χ3n) is 6.84. The second kappa shape index (κ2) is 9.40. The molecule has 0 spiro atoms. The first-order chi connectivity index (χ1) is 15.7. The van der Waals surface area contributed by atoms with Crippen molar-refractivity contribution in [3.63, 3.8) is 0 Å². The molecular formula is C27H26F6. The van der Waals surface area contributed by atoms with E-state index in [4.69, 9.17) is 0 Å². The zero-order valence-electron chi connectivity index (χ0n) is 18.4. The zero-order chi connectivity index (χ0) is 23.8. The Balaban J connectivity index is 1.83. The molecular weight excluding hydrogens is 438 g/mol. The second-order valence-electron chi connectivity index (χ2n) is 8.98. The molecule has 3 aromatic carbocycles. The van der Waals surface area contributed by atoms with Crippen LogP contribution in [0.3, 0.4) is 0 Å². The second-order valence-corrected chi connectivity index (χ2v) is 8.98. The van der Waals surface area contributed by atoms with Gasteiger partial charge in [0.25, 0.3) is 0 Å². The Kier molecular flexibility index (Phi) is 6.73. The highest BCUT2D eigenvalue weighted by molar-refractivity contribution is 5.87. The Morgan fingerprint density at radius 1 is 0.879 bits per heavy atom. The van der Waals surface area contributed by atoms with Crippen molar-refractivity contribution in [3.05, 3.63) is 82.2 Å². The first-order valence-corrected chi connectivity index (χ1v) is 11.5. The van der Waals surface area contributed by atoms with Gasteiger partial charge >= 0.3 is 6.18 Å². The van der Waals surface area contributed by atoms with E-state index in [1.54, 1.807) is 6.07 Å². The minimum absolute atomic E-state index is 0.0379. The topological polar surface area (TPSA) is 0 Å². The van der Waals surface area contributed by atoms with Gasteiger partial charge in [0, 0.05) is 5.92 Å². The predicted octanol–water partition coefficient (Wildman–Crippen LogP) is 8.94.